The van der Waals surface area contributed by atoms with Crippen molar-refractivity contribution < 1.29 is 4.74 Å². The standard InChI is InChI=1S/C17H16N2O/c1-13-6-7-16(15(10-13)11-18)19-8-9-20-17-5-3-2-4-14(17)12-19/h2-7,10H,8-9,12H2,1H3. The molecule has 2 aromatic rings. The lowest BCUT2D eigenvalue weighted by molar-refractivity contribution is 0.331. The zero-order chi connectivity index (χ0) is 13.9. The summed E-state index contributed by atoms with van der Waals surface area (Å²) in [5.41, 5.74) is 3.98. The summed E-state index contributed by atoms with van der Waals surface area (Å²) in [4.78, 5) is 2.21. The van der Waals surface area contributed by atoms with Crippen LogP contribution in [0.25, 0.3) is 0 Å². The van der Waals surface area contributed by atoms with E-state index in [1.54, 1.807) is 0 Å². The van der Waals surface area contributed by atoms with Crippen molar-refractivity contribution in [2.45, 2.75) is 13.5 Å². The van der Waals surface area contributed by atoms with Crippen molar-refractivity contribution >= 4 is 5.69 Å². The summed E-state index contributed by atoms with van der Waals surface area (Å²) < 4.78 is 5.77. The summed E-state index contributed by atoms with van der Waals surface area (Å²) in [6, 6.07) is 16.4. The van der Waals surface area contributed by atoms with Gasteiger partial charge in [-0.25, -0.2) is 0 Å². The van der Waals surface area contributed by atoms with E-state index in [1.165, 1.54) is 0 Å². The van der Waals surface area contributed by atoms with Crippen LogP contribution in [0.2, 0.25) is 0 Å². The third-order valence-corrected chi connectivity index (χ3v) is 3.57. The van der Waals surface area contributed by atoms with Gasteiger partial charge in [0.1, 0.15) is 18.4 Å². The Balaban J connectivity index is 1.98. The molecule has 1 aliphatic rings. The largest absolute Gasteiger partial charge is 0.491 e. The van der Waals surface area contributed by atoms with Gasteiger partial charge in [-0.15, -0.1) is 0 Å². The predicted octanol–water partition coefficient (Wildman–Crippen LogP) is 3.27. The molecule has 0 radical (unpaired) electrons. The number of hydrogen-bond donors (Lipinski definition) is 0. The predicted molar refractivity (Wildman–Crippen MR) is 78.9 cm³/mol. The summed E-state index contributed by atoms with van der Waals surface area (Å²) in [6.07, 6.45) is 0. The molecule has 3 nitrogen and oxygen atoms in total. The van der Waals surface area contributed by atoms with E-state index >= 15 is 0 Å². The zero-order valence-corrected chi connectivity index (χ0v) is 11.5. The summed E-state index contributed by atoms with van der Waals surface area (Å²) in [5, 5.41) is 9.33. The van der Waals surface area contributed by atoms with Gasteiger partial charge in [0.2, 0.25) is 0 Å². The number of hydrogen-bond acceptors (Lipinski definition) is 3. The van der Waals surface area contributed by atoms with Crippen molar-refractivity contribution in [3.05, 3.63) is 59.2 Å². The Hall–Kier alpha value is -2.47. The minimum Gasteiger partial charge on any atom is -0.491 e. The zero-order valence-electron chi connectivity index (χ0n) is 11.5. The number of nitriles is 1. The number of aryl methyl sites for hydroxylation is 1. The molecular formula is C17H16N2O. The summed E-state index contributed by atoms with van der Waals surface area (Å²) in [6.45, 7) is 4.20. The Labute approximate surface area is 119 Å². The summed E-state index contributed by atoms with van der Waals surface area (Å²) in [7, 11) is 0. The lowest BCUT2D eigenvalue weighted by Crippen LogP contribution is -2.26. The second-order valence-electron chi connectivity index (χ2n) is 5.01. The molecule has 0 unspecified atom stereocenters. The van der Waals surface area contributed by atoms with Crippen LogP contribution in [-0.4, -0.2) is 13.2 Å². The van der Waals surface area contributed by atoms with Crippen molar-refractivity contribution in [3.8, 4) is 11.8 Å². The molecule has 0 amide bonds. The molecule has 0 saturated heterocycles. The first-order valence-electron chi connectivity index (χ1n) is 6.74. The van der Waals surface area contributed by atoms with E-state index in [0.717, 1.165) is 41.2 Å². The monoisotopic (exact) mass is 264 g/mol. The molecule has 0 atom stereocenters. The SMILES string of the molecule is Cc1ccc(N2CCOc3ccccc3C2)c(C#N)c1. The molecule has 3 heteroatoms. The van der Waals surface area contributed by atoms with E-state index in [1.807, 2.05) is 43.3 Å². The van der Waals surface area contributed by atoms with Crippen LogP contribution in [0.15, 0.2) is 42.5 Å². The summed E-state index contributed by atoms with van der Waals surface area (Å²) >= 11 is 0. The van der Waals surface area contributed by atoms with Crippen molar-refractivity contribution in [1.82, 2.24) is 0 Å². The number of anilines is 1. The van der Waals surface area contributed by atoms with Gasteiger partial charge >= 0.3 is 0 Å². The van der Waals surface area contributed by atoms with Gasteiger partial charge in [0.05, 0.1) is 17.8 Å². The molecule has 0 aliphatic carbocycles. The molecular weight excluding hydrogens is 248 g/mol. The van der Waals surface area contributed by atoms with Crippen LogP contribution in [-0.2, 0) is 6.54 Å². The minimum absolute atomic E-state index is 0.635. The van der Waals surface area contributed by atoms with Crippen LogP contribution in [0.3, 0.4) is 0 Å². The van der Waals surface area contributed by atoms with E-state index in [0.29, 0.717) is 6.61 Å². The molecule has 2 aromatic carbocycles. The van der Waals surface area contributed by atoms with Gasteiger partial charge in [0, 0.05) is 12.1 Å². The third-order valence-electron chi connectivity index (χ3n) is 3.57. The first-order chi connectivity index (χ1) is 9.78. The molecule has 0 spiro atoms. The highest BCUT2D eigenvalue weighted by molar-refractivity contribution is 5.61. The molecule has 0 N–H and O–H groups in total. The molecule has 1 heterocycles. The van der Waals surface area contributed by atoms with E-state index in [9.17, 15) is 5.26 Å². The number of para-hydroxylation sites is 1. The van der Waals surface area contributed by atoms with Gasteiger partial charge in [-0.1, -0.05) is 24.3 Å². The third kappa shape index (κ3) is 2.33. The second kappa shape index (κ2) is 5.26. The van der Waals surface area contributed by atoms with Gasteiger partial charge in [-0.3, -0.25) is 0 Å². The van der Waals surface area contributed by atoms with Gasteiger partial charge in [0.15, 0.2) is 0 Å². The van der Waals surface area contributed by atoms with Crippen LogP contribution < -0.4 is 9.64 Å². The number of rotatable bonds is 1. The highest BCUT2D eigenvalue weighted by Gasteiger charge is 2.17. The first-order valence-corrected chi connectivity index (χ1v) is 6.74. The second-order valence-corrected chi connectivity index (χ2v) is 5.01. The van der Waals surface area contributed by atoms with Gasteiger partial charge in [0.25, 0.3) is 0 Å². The topological polar surface area (TPSA) is 36.3 Å². The maximum Gasteiger partial charge on any atom is 0.124 e. The molecule has 20 heavy (non-hydrogen) atoms. The average molecular weight is 264 g/mol. The Morgan fingerprint density at radius 2 is 2.05 bits per heavy atom. The number of fused-ring (bicyclic) bond motifs is 1. The number of nitrogens with zero attached hydrogens (tertiary/aromatic N) is 2. The summed E-state index contributed by atoms with van der Waals surface area (Å²) in [5.74, 6) is 0.945. The maximum absolute atomic E-state index is 9.33. The van der Waals surface area contributed by atoms with Gasteiger partial charge in [-0.2, -0.15) is 5.26 Å². The van der Waals surface area contributed by atoms with E-state index in [2.05, 4.69) is 17.0 Å². The van der Waals surface area contributed by atoms with Crippen molar-refractivity contribution in [1.29, 1.82) is 5.26 Å². The van der Waals surface area contributed by atoms with Crippen LogP contribution >= 0.6 is 0 Å². The molecule has 0 aromatic heterocycles. The molecule has 3 rings (SSSR count). The fourth-order valence-electron chi connectivity index (χ4n) is 2.55. The average Bonchev–Trinajstić information content (AvgIpc) is 2.69. The Bertz CT molecular complexity index is 673. The number of ether oxygens (including phenoxy) is 1. The van der Waals surface area contributed by atoms with Gasteiger partial charge in [-0.05, 0) is 30.7 Å². The lowest BCUT2D eigenvalue weighted by Gasteiger charge is -2.23. The van der Waals surface area contributed by atoms with E-state index < -0.39 is 0 Å². The van der Waals surface area contributed by atoms with Crippen molar-refractivity contribution in [3.63, 3.8) is 0 Å². The maximum atomic E-state index is 9.33. The normalized spacial score (nSPS) is 13.9. The fraction of sp³-hybridized carbons (Fsp3) is 0.235. The molecule has 0 saturated carbocycles. The lowest BCUT2D eigenvalue weighted by atomic mass is 10.1. The fourth-order valence-corrected chi connectivity index (χ4v) is 2.55. The Kier molecular flexibility index (Phi) is 3.30. The van der Waals surface area contributed by atoms with Crippen molar-refractivity contribution in [2.75, 3.05) is 18.1 Å². The van der Waals surface area contributed by atoms with Crippen molar-refractivity contribution in [2.24, 2.45) is 0 Å². The Morgan fingerprint density at radius 3 is 2.90 bits per heavy atom. The highest BCUT2D eigenvalue weighted by atomic mass is 16.5. The smallest absolute Gasteiger partial charge is 0.124 e. The van der Waals surface area contributed by atoms with E-state index in [-0.39, 0.29) is 0 Å². The van der Waals surface area contributed by atoms with Crippen LogP contribution in [0.1, 0.15) is 16.7 Å². The first kappa shape index (κ1) is 12.6. The van der Waals surface area contributed by atoms with E-state index in [4.69, 9.17) is 4.74 Å². The van der Waals surface area contributed by atoms with Crippen LogP contribution in [0, 0.1) is 18.3 Å². The molecule has 0 fully saturated rings. The number of benzene rings is 2. The molecule has 100 valence electrons. The quantitative estimate of drug-likeness (QED) is 0.793. The van der Waals surface area contributed by atoms with Crippen LogP contribution in [0.4, 0.5) is 5.69 Å². The molecule has 0 bridgehead atoms. The minimum atomic E-state index is 0.635. The highest BCUT2D eigenvalue weighted by Crippen LogP contribution is 2.28. The van der Waals surface area contributed by atoms with Gasteiger partial charge < -0.3 is 9.64 Å². The van der Waals surface area contributed by atoms with Crippen LogP contribution in [0.5, 0.6) is 5.75 Å². The Morgan fingerprint density at radius 1 is 1.20 bits per heavy atom. The molecule has 1 aliphatic heterocycles.